The highest BCUT2D eigenvalue weighted by molar-refractivity contribution is 5.74. The molecule has 0 spiro atoms. The normalized spacial score (nSPS) is 13.8. The highest BCUT2D eigenvalue weighted by Crippen LogP contribution is 2.20. The van der Waals surface area contributed by atoms with Gasteiger partial charge in [-0.15, -0.1) is 0 Å². The van der Waals surface area contributed by atoms with E-state index in [1.165, 1.54) is 12.8 Å². The highest BCUT2D eigenvalue weighted by atomic mass is 16.3. The van der Waals surface area contributed by atoms with Crippen molar-refractivity contribution in [2.75, 3.05) is 0 Å². The molecule has 114 valence electrons. The lowest BCUT2D eigenvalue weighted by Crippen LogP contribution is -2.41. The quantitative estimate of drug-likeness (QED) is 0.734. The molecule has 1 aromatic rings. The zero-order valence-electron chi connectivity index (χ0n) is 13.4. The largest absolute Gasteiger partial charge is 0.466 e. The van der Waals surface area contributed by atoms with E-state index in [0.29, 0.717) is 0 Å². The summed E-state index contributed by atoms with van der Waals surface area (Å²) in [6.07, 6.45) is 4.61. The second-order valence-electron chi connectivity index (χ2n) is 5.60. The second kappa shape index (κ2) is 7.98. The molecule has 4 nitrogen and oxygen atoms in total. The topological polar surface area (TPSA) is 54.3 Å². The average molecular weight is 280 g/mol. The summed E-state index contributed by atoms with van der Waals surface area (Å²) in [6, 6.07) is 2.03. The molecule has 2 amide bonds. The van der Waals surface area contributed by atoms with E-state index < -0.39 is 0 Å². The molecule has 1 aromatic heterocycles. The van der Waals surface area contributed by atoms with Crippen molar-refractivity contribution in [2.45, 2.75) is 72.4 Å². The van der Waals surface area contributed by atoms with Gasteiger partial charge in [0.1, 0.15) is 11.5 Å². The molecule has 0 saturated carbocycles. The van der Waals surface area contributed by atoms with Gasteiger partial charge >= 0.3 is 6.03 Å². The SMILES string of the molecule is CCCCCC(C)NC(=O)NC(C)c1cc(C)oc1C. The number of urea groups is 1. The first-order valence-electron chi connectivity index (χ1n) is 7.58. The maximum atomic E-state index is 11.9. The number of hydrogen-bond acceptors (Lipinski definition) is 2. The molecule has 1 heterocycles. The second-order valence-corrected chi connectivity index (χ2v) is 5.60. The number of amides is 2. The lowest BCUT2D eigenvalue weighted by Gasteiger charge is -2.18. The van der Waals surface area contributed by atoms with Crippen molar-refractivity contribution in [2.24, 2.45) is 0 Å². The van der Waals surface area contributed by atoms with Gasteiger partial charge in [0, 0.05) is 11.6 Å². The third-order valence-electron chi connectivity index (χ3n) is 3.51. The van der Waals surface area contributed by atoms with Crippen LogP contribution in [0.4, 0.5) is 4.79 Å². The highest BCUT2D eigenvalue weighted by Gasteiger charge is 2.15. The van der Waals surface area contributed by atoms with Crippen molar-refractivity contribution >= 4 is 6.03 Å². The summed E-state index contributed by atoms with van der Waals surface area (Å²) in [7, 11) is 0. The molecule has 4 heteroatoms. The first-order valence-corrected chi connectivity index (χ1v) is 7.58. The molecule has 0 aliphatic rings. The summed E-state index contributed by atoms with van der Waals surface area (Å²) < 4.78 is 5.49. The number of carbonyl (C=O) groups excluding carboxylic acids is 1. The van der Waals surface area contributed by atoms with Crippen molar-refractivity contribution in [1.82, 2.24) is 10.6 Å². The average Bonchev–Trinajstić information content (AvgIpc) is 2.68. The number of unbranched alkanes of at least 4 members (excludes halogenated alkanes) is 2. The van der Waals surface area contributed by atoms with Gasteiger partial charge in [0.15, 0.2) is 0 Å². The van der Waals surface area contributed by atoms with E-state index in [9.17, 15) is 4.79 Å². The summed E-state index contributed by atoms with van der Waals surface area (Å²) in [5, 5.41) is 5.95. The Morgan fingerprint density at radius 1 is 1.25 bits per heavy atom. The lowest BCUT2D eigenvalue weighted by molar-refractivity contribution is 0.234. The molecular formula is C16H28N2O2. The molecule has 20 heavy (non-hydrogen) atoms. The number of furan rings is 1. The van der Waals surface area contributed by atoms with Crippen LogP contribution in [0.5, 0.6) is 0 Å². The van der Waals surface area contributed by atoms with E-state index in [0.717, 1.165) is 29.9 Å². The molecule has 0 saturated heterocycles. The van der Waals surface area contributed by atoms with Crippen LogP contribution in [0.3, 0.4) is 0 Å². The van der Waals surface area contributed by atoms with Crippen molar-refractivity contribution in [3.8, 4) is 0 Å². The minimum atomic E-state index is -0.111. The number of rotatable bonds is 7. The molecule has 0 aromatic carbocycles. The van der Waals surface area contributed by atoms with Crippen LogP contribution in [-0.2, 0) is 0 Å². The molecule has 0 fully saturated rings. The molecule has 2 N–H and O–H groups in total. The summed E-state index contributed by atoms with van der Waals surface area (Å²) in [4.78, 5) is 11.9. The molecule has 0 aliphatic heterocycles. The summed E-state index contributed by atoms with van der Waals surface area (Å²) in [5.41, 5.74) is 1.04. The molecular weight excluding hydrogens is 252 g/mol. The van der Waals surface area contributed by atoms with E-state index in [4.69, 9.17) is 4.42 Å². The fourth-order valence-corrected chi connectivity index (χ4v) is 2.39. The molecule has 0 aliphatic carbocycles. The van der Waals surface area contributed by atoms with Gasteiger partial charge in [0.2, 0.25) is 0 Å². The van der Waals surface area contributed by atoms with Gasteiger partial charge in [-0.25, -0.2) is 4.79 Å². The Morgan fingerprint density at radius 3 is 2.50 bits per heavy atom. The van der Waals surface area contributed by atoms with Crippen LogP contribution in [-0.4, -0.2) is 12.1 Å². The van der Waals surface area contributed by atoms with Gasteiger partial charge in [-0.05, 0) is 40.2 Å². The Hall–Kier alpha value is -1.45. The maximum absolute atomic E-state index is 11.9. The Balaban J connectivity index is 2.40. The number of nitrogens with one attached hydrogen (secondary N) is 2. The van der Waals surface area contributed by atoms with Gasteiger partial charge in [-0.3, -0.25) is 0 Å². The van der Waals surface area contributed by atoms with Crippen LogP contribution >= 0.6 is 0 Å². The zero-order valence-corrected chi connectivity index (χ0v) is 13.4. The predicted molar refractivity (Wildman–Crippen MR) is 81.9 cm³/mol. The minimum absolute atomic E-state index is 0.0460. The van der Waals surface area contributed by atoms with Crippen molar-refractivity contribution in [3.63, 3.8) is 0 Å². The Bertz CT molecular complexity index is 426. The monoisotopic (exact) mass is 280 g/mol. The molecule has 0 radical (unpaired) electrons. The Labute approximate surface area is 122 Å². The van der Waals surface area contributed by atoms with Gasteiger partial charge in [-0.1, -0.05) is 26.2 Å². The van der Waals surface area contributed by atoms with Gasteiger partial charge in [0.05, 0.1) is 6.04 Å². The first kappa shape index (κ1) is 16.6. The molecule has 1 rings (SSSR count). The Kier molecular flexibility index (Phi) is 6.62. The zero-order chi connectivity index (χ0) is 15.1. The van der Waals surface area contributed by atoms with Crippen LogP contribution < -0.4 is 10.6 Å². The Morgan fingerprint density at radius 2 is 1.95 bits per heavy atom. The standard InChI is InChI=1S/C16H28N2O2/c1-6-7-8-9-11(2)17-16(19)18-13(4)15-10-12(3)20-14(15)5/h10-11,13H,6-9H2,1-5H3,(H2,17,18,19). The van der Waals surface area contributed by atoms with Crippen molar-refractivity contribution < 1.29 is 9.21 Å². The summed E-state index contributed by atoms with van der Waals surface area (Å²) in [5.74, 6) is 1.74. The van der Waals surface area contributed by atoms with E-state index in [1.807, 2.05) is 33.8 Å². The smallest absolute Gasteiger partial charge is 0.315 e. The lowest BCUT2D eigenvalue weighted by atomic mass is 10.1. The van der Waals surface area contributed by atoms with Gasteiger partial charge in [-0.2, -0.15) is 0 Å². The number of aryl methyl sites for hydroxylation is 2. The first-order chi connectivity index (χ1) is 9.43. The van der Waals surface area contributed by atoms with E-state index >= 15 is 0 Å². The minimum Gasteiger partial charge on any atom is -0.466 e. The van der Waals surface area contributed by atoms with E-state index in [2.05, 4.69) is 17.6 Å². The van der Waals surface area contributed by atoms with Crippen LogP contribution in [0.15, 0.2) is 10.5 Å². The van der Waals surface area contributed by atoms with Crippen LogP contribution in [0.1, 0.15) is 69.6 Å². The summed E-state index contributed by atoms with van der Waals surface area (Å²) in [6.45, 7) is 10.0. The fourth-order valence-electron chi connectivity index (χ4n) is 2.39. The van der Waals surface area contributed by atoms with Gasteiger partial charge < -0.3 is 15.1 Å². The maximum Gasteiger partial charge on any atom is 0.315 e. The summed E-state index contributed by atoms with van der Waals surface area (Å²) >= 11 is 0. The molecule has 0 bridgehead atoms. The molecule has 2 atom stereocenters. The third kappa shape index (κ3) is 5.27. The predicted octanol–water partition coefficient (Wildman–Crippen LogP) is 4.23. The van der Waals surface area contributed by atoms with Crippen LogP contribution in [0.25, 0.3) is 0 Å². The third-order valence-corrected chi connectivity index (χ3v) is 3.51. The van der Waals surface area contributed by atoms with Crippen LogP contribution in [0, 0.1) is 13.8 Å². The fraction of sp³-hybridized carbons (Fsp3) is 0.688. The van der Waals surface area contributed by atoms with Crippen LogP contribution in [0.2, 0.25) is 0 Å². The van der Waals surface area contributed by atoms with Crippen molar-refractivity contribution in [1.29, 1.82) is 0 Å². The number of hydrogen-bond donors (Lipinski definition) is 2. The van der Waals surface area contributed by atoms with E-state index in [-0.39, 0.29) is 18.1 Å². The van der Waals surface area contributed by atoms with Crippen molar-refractivity contribution in [3.05, 3.63) is 23.2 Å². The molecule has 2 unspecified atom stereocenters. The number of carbonyl (C=O) groups is 1. The van der Waals surface area contributed by atoms with Gasteiger partial charge in [0.25, 0.3) is 0 Å². The van der Waals surface area contributed by atoms with E-state index in [1.54, 1.807) is 0 Å².